The molecule has 3 atom stereocenters. The highest BCUT2D eigenvalue weighted by molar-refractivity contribution is 6.73. The van der Waals surface area contributed by atoms with Crippen LogP contribution in [0.1, 0.15) is 47.5 Å². The predicted molar refractivity (Wildman–Crippen MR) is 99.2 cm³/mol. The van der Waals surface area contributed by atoms with Crippen LogP contribution in [0.3, 0.4) is 0 Å². The topological polar surface area (TPSA) is 58.9 Å². The van der Waals surface area contributed by atoms with Gasteiger partial charge in [0.15, 0.2) is 8.32 Å². The van der Waals surface area contributed by atoms with E-state index in [0.717, 1.165) is 18.1 Å². The molecule has 0 aliphatic carbocycles. The van der Waals surface area contributed by atoms with Gasteiger partial charge < -0.3 is 19.4 Å². The van der Waals surface area contributed by atoms with E-state index in [1.54, 1.807) is 7.11 Å². The zero-order valence-corrected chi connectivity index (χ0v) is 17.0. The molecule has 0 aromatic carbocycles. The molecule has 0 aliphatic rings. The smallest absolute Gasteiger partial charge is 0.192 e. The molecule has 0 spiro atoms. The third kappa shape index (κ3) is 6.67. The molecule has 0 radical (unpaired) electrons. The maximum Gasteiger partial charge on any atom is 0.192 e. The lowest BCUT2D eigenvalue weighted by Crippen LogP contribution is -2.50. The standard InChI is InChI=1S/C18H38O4Si/c1-8-12-17(22-23(9-2,10-3)11-4)18(5,6)16(20)13-15(19)14-21-7/h8,15-17,19-20H,1,9-14H2,2-7H3/t15-,16+,17+/m0/s1. The molecule has 0 saturated heterocycles. The third-order valence-corrected chi connectivity index (χ3v) is 9.90. The van der Waals surface area contributed by atoms with Crippen LogP contribution in [0.4, 0.5) is 0 Å². The van der Waals surface area contributed by atoms with E-state index in [1.165, 1.54) is 0 Å². The first-order valence-electron chi connectivity index (χ1n) is 8.86. The van der Waals surface area contributed by atoms with Gasteiger partial charge in [-0.2, -0.15) is 0 Å². The third-order valence-electron chi connectivity index (χ3n) is 5.25. The van der Waals surface area contributed by atoms with Gasteiger partial charge in [0, 0.05) is 18.9 Å². The Morgan fingerprint density at radius 2 is 1.65 bits per heavy atom. The van der Waals surface area contributed by atoms with Crippen molar-refractivity contribution in [3.8, 4) is 0 Å². The molecule has 4 nitrogen and oxygen atoms in total. The van der Waals surface area contributed by atoms with Crippen LogP contribution in [0.15, 0.2) is 12.7 Å². The van der Waals surface area contributed by atoms with Crippen LogP contribution >= 0.6 is 0 Å². The Kier molecular flexibility index (Phi) is 10.5. The summed E-state index contributed by atoms with van der Waals surface area (Å²) in [5.41, 5.74) is -0.458. The van der Waals surface area contributed by atoms with Gasteiger partial charge in [-0.05, 0) is 24.6 Å². The fourth-order valence-corrected chi connectivity index (χ4v) is 6.00. The van der Waals surface area contributed by atoms with Crippen molar-refractivity contribution in [2.45, 2.75) is 83.9 Å². The van der Waals surface area contributed by atoms with Crippen LogP contribution in [0.5, 0.6) is 0 Å². The van der Waals surface area contributed by atoms with Crippen LogP contribution in [0.25, 0.3) is 0 Å². The summed E-state index contributed by atoms with van der Waals surface area (Å²) in [7, 11) is -0.225. The second kappa shape index (κ2) is 10.6. The first-order valence-corrected chi connectivity index (χ1v) is 11.4. The lowest BCUT2D eigenvalue weighted by atomic mass is 9.77. The predicted octanol–water partition coefficient (Wildman–Crippen LogP) is 3.74. The Morgan fingerprint density at radius 1 is 1.13 bits per heavy atom. The average molecular weight is 347 g/mol. The van der Waals surface area contributed by atoms with E-state index in [9.17, 15) is 10.2 Å². The first kappa shape index (κ1) is 22.8. The van der Waals surface area contributed by atoms with Gasteiger partial charge in [-0.3, -0.25) is 0 Å². The number of ether oxygens (including phenoxy) is 1. The molecule has 0 bridgehead atoms. The van der Waals surface area contributed by atoms with Gasteiger partial charge in [0.2, 0.25) is 0 Å². The van der Waals surface area contributed by atoms with Gasteiger partial charge in [-0.1, -0.05) is 40.7 Å². The Bertz CT molecular complexity index is 321. The van der Waals surface area contributed by atoms with Gasteiger partial charge in [0.1, 0.15) is 0 Å². The minimum absolute atomic E-state index is 0.0868. The average Bonchev–Trinajstić information content (AvgIpc) is 2.51. The molecule has 0 amide bonds. The van der Waals surface area contributed by atoms with Crippen molar-refractivity contribution in [3.63, 3.8) is 0 Å². The molecule has 0 heterocycles. The maximum absolute atomic E-state index is 10.7. The van der Waals surface area contributed by atoms with E-state index >= 15 is 0 Å². The zero-order chi connectivity index (χ0) is 18.1. The van der Waals surface area contributed by atoms with E-state index in [2.05, 4.69) is 27.4 Å². The van der Waals surface area contributed by atoms with Crippen molar-refractivity contribution in [2.75, 3.05) is 13.7 Å². The van der Waals surface area contributed by atoms with Crippen molar-refractivity contribution in [2.24, 2.45) is 5.41 Å². The van der Waals surface area contributed by atoms with E-state index in [1.807, 2.05) is 19.9 Å². The molecule has 0 fully saturated rings. The van der Waals surface area contributed by atoms with E-state index in [-0.39, 0.29) is 19.1 Å². The minimum Gasteiger partial charge on any atom is -0.413 e. The Labute approximate surface area is 144 Å². The SMILES string of the molecule is C=CC[C@@H](O[Si](CC)(CC)CC)C(C)(C)[C@H](O)C[C@H](O)COC. The fraction of sp³-hybridized carbons (Fsp3) is 0.889. The summed E-state index contributed by atoms with van der Waals surface area (Å²) in [6.45, 7) is 14.7. The van der Waals surface area contributed by atoms with Gasteiger partial charge in [0.25, 0.3) is 0 Å². The molecule has 2 N–H and O–H groups in total. The molecular weight excluding hydrogens is 308 g/mol. The summed E-state index contributed by atoms with van der Waals surface area (Å²) in [5, 5.41) is 20.6. The molecule has 0 saturated carbocycles. The fourth-order valence-electron chi connectivity index (χ4n) is 2.99. The monoisotopic (exact) mass is 346 g/mol. The highest BCUT2D eigenvalue weighted by atomic mass is 28.4. The van der Waals surface area contributed by atoms with Crippen molar-refractivity contribution in [1.29, 1.82) is 0 Å². The molecule has 23 heavy (non-hydrogen) atoms. The second-order valence-electron chi connectivity index (χ2n) is 7.06. The van der Waals surface area contributed by atoms with Crippen LogP contribution in [0, 0.1) is 5.41 Å². The molecule has 0 aliphatic heterocycles. The Morgan fingerprint density at radius 3 is 2.04 bits per heavy atom. The van der Waals surface area contributed by atoms with Crippen molar-refractivity contribution >= 4 is 8.32 Å². The Balaban J connectivity index is 5.19. The van der Waals surface area contributed by atoms with Crippen molar-refractivity contribution in [1.82, 2.24) is 0 Å². The maximum atomic E-state index is 10.7. The van der Waals surface area contributed by atoms with Gasteiger partial charge in [-0.25, -0.2) is 0 Å². The number of aliphatic hydroxyl groups is 2. The van der Waals surface area contributed by atoms with Crippen LogP contribution in [0.2, 0.25) is 18.1 Å². The largest absolute Gasteiger partial charge is 0.413 e. The molecule has 5 heteroatoms. The lowest BCUT2D eigenvalue weighted by molar-refractivity contribution is -0.0665. The summed E-state index contributed by atoms with van der Waals surface area (Å²) >= 11 is 0. The van der Waals surface area contributed by atoms with Crippen molar-refractivity contribution < 1.29 is 19.4 Å². The summed E-state index contributed by atoms with van der Waals surface area (Å²) in [6.07, 6.45) is 1.45. The van der Waals surface area contributed by atoms with Gasteiger partial charge in [0.05, 0.1) is 24.9 Å². The highest BCUT2D eigenvalue weighted by Crippen LogP contribution is 2.36. The van der Waals surface area contributed by atoms with Gasteiger partial charge in [-0.15, -0.1) is 6.58 Å². The summed E-state index contributed by atoms with van der Waals surface area (Å²) in [5.74, 6) is 0. The molecule has 0 aromatic rings. The molecule has 138 valence electrons. The van der Waals surface area contributed by atoms with E-state index in [4.69, 9.17) is 9.16 Å². The van der Waals surface area contributed by atoms with Crippen LogP contribution in [-0.2, 0) is 9.16 Å². The second-order valence-corrected chi connectivity index (χ2v) is 11.8. The number of methoxy groups -OCH3 is 1. The first-order chi connectivity index (χ1) is 10.7. The summed E-state index contributed by atoms with van der Waals surface area (Å²) < 4.78 is 11.6. The van der Waals surface area contributed by atoms with E-state index in [0.29, 0.717) is 6.42 Å². The Hall–Kier alpha value is -0.203. The molecule has 0 rings (SSSR count). The molecule has 0 unspecified atom stereocenters. The van der Waals surface area contributed by atoms with Crippen LogP contribution < -0.4 is 0 Å². The van der Waals surface area contributed by atoms with Gasteiger partial charge >= 0.3 is 0 Å². The number of aliphatic hydroxyl groups excluding tert-OH is 2. The number of hydrogen-bond acceptors (Lipinski definition) is 4. The number of rotatable bonds is 13. The quantitative estimate of drug-likeness (QED) is 0.394. The van der Waals surface area contributed by atoms with Crippen molar-refractivity contribution in [3.05, 3.63) is 12.7 Å². The number of hydrogen-bond donors (Lipinski definition) is 2. The van der Waals surface area contributed by atoms with E-state index < -0.39 is 25.9 Å². The minimum atomic E-state index is -1.77. The summed E-state index contributed by atoms with van der Waals surface area (Å²) in [4.78, 5) is 0. The normalized spacial score (nSPS) is 16.9. The lowest BCUT2D eigenvalue weighted by Gasteiger charge is -2.43. The van der Waals surface area contributed by atoms with Crippen LogP contribution in [-0.4, -0.2) is 50.6 Å². The summed E-state index contributed by atoms with van der Waals surface area (Å²) in [6, 6.07) is 3.23. The highest BCUT2D eigenvalue weighted by Gasteiger charge is 2.42. The molecule has 0 aromatic heterocycles. The zero-order valence-electron chi connectivity index (χ0n) is 16.0. The molecular formula is C18H38O4Si.